The Labute approximate surface area is 179 Å². The highest BCUT2D eigenvalue weighted by atomic mass is 16.5. The van der Waals surface area contributed by atoms with Crippen LogP contribution in [0.25, 0.3) is 10.9 Å². The second-order valence-corrected chi connectivity index (χ2v) is 8.28. The third kappa shape index (κ3) is 3.79. The van der Waals surface area contributed by atoms with Gasteiger partial charge in [0.25, 0.3) is 5.91 Å². The molecule has 4 N–H and O–H groups in total. The lowest BCUT2D eigenvalue weighted by Gasteiger charge is -2.17. The molecule has 0 bridgehead atoms. The number of aromatic hydroxyl groups is 1. The highest BCUT2D eigenvalue weighted by molar-refractivity contribution is 6.03. The Morgan fingerprint density at radius 3 is 2.81 bits per heavy atom. The quantitative estimate of drug-likeness (QED) is 0.486. The smallest absolute Gasteiger partial charge is 0.258 e. The van der Waals surface area contributed by atoms with Crippen LogP contribution in [0, 0.1) is 0 Å². The number of amides is 1. The summed E-state index contributed by atoms with van der Waals surface area (Å²) in [6.45, 7) is 1.11. The predicted molar refractivity (Wildman–Crippen MR) is 116 cm³/mol. The molecule has 8 heteroatoms. The Morgan fingerprint density at radius 1 is 1.19 bits per heavy atom. The number of H-pyrrole nitrogens is 1. The molecule has 1 aliphatic carbocycles. The van der Waals surface area contributed by atoms with Crippen molar-refractivity contribution in [2.45, 2.75) is 44.8 Å². The fraction of sp³-hybridized carbons (Fsp3) is 0.391. The number of carbonyl (C=O) groups excluding carboxylic acids is 1. The van der Waals surface area contributed by atoms with Crippen LogP contribution >= 0.6 is 0 Å². The van der Waals surface area contributed by atoms with E-state index in [0.717, 1.165) is 35.2 Å². The summed E-state index contributed by atoms with van der Waals surface area (Å²) in [4.78, 5) is 15.0. The number of fused-ring (bicyclic) bond motifs is 2. The summed E-state index contributed by atoms with van der Waals surface area (Å²) in [6.07, 6.45) is 4.67. The topological polar surface area (TPSA) is 111 Å². The number of aromatic nitrogens is 2. The van der Waals surface area contributed by atoms with E-state index in [-0.39, 0.29) is 30.4 Å². The molecule has 31 heavy (non-hydrogen) atoms. The molecule has 2 heterocycles. The molecule has 2 aromatic carbocycles. The van der Waals surface area contributed by atoms with E-state index >= 15 is 0 Å². The summed E-state index contributed by atoms with van der Waals surface area (Å²) in [5.41, 5.74) is 3.03. The zero-order valence-corrected chi connectivity index (χ0v) is 17.2. The number of anilines is 1. The molecule has 0 atom stereocenters. The second-order valence-electron chi connectivity index (χ2n) is 8.28. The summed E-state index contributed by atoms with van der Waals surface area (Å²) in [5, 5.41) is 31.1. The molecule has 162 valence electrons. The minimum atomic E-state index is -0.221. The average Bonchev–Trinajstić information content (AvgIpc) is 3.51. The van der Waals surface area contributed by atoms with Crippen molar-refractivity contribution in [3.8, 4) is 11.5 Å². The monoisotopic (exact) mass is 422 g/mol. The van der Waals surface area contributed by atoms with Crippen LogP contribution in [-0.4, -0.2) is 50.5 Å². The van der Waals surface area contributed by atoms with E-state index in [2.05, 4.69) is 15.5 Å². The Balaban J connectivity index is 1.38. The lowest BCUT2D eigenvalue weighted by molar-refractivity contribution is 0.0748. The largest absolute Gasteiger partial charge is 0.507 e. The first-order chi connectivity index (χ1) is 15.1. The Bertz CT molecular complexity index is 1120. The van der Waals surface area contributed by atoms with Crippen molar-refractivity contribution in [2.75, 3.05) is 18.5 Å². The van der Waals surface area contributed by atoms with Gasteiger partial charge in [0.05, 0.1) is 17.7 Å². The van der Waals surface area contributed by atoms with Crippen LogP contribution < -0.4 is 10.1 Å². The lowest BCUT2D eigenvalue weighted by Crippen LogP contribution is -2.25. The van der Waals surface area contributed by atoms with E-state index in [1.807, 2.05) is 18.2 Å². The van der Waals surface area contributed by atoms with Crippen LogP contribution in [0.15, 0.2) is 30.3 Å². The van der Waals surface area contributed by atoms with Crippen LogP contribution in [-0.2, 0) is 13.1 Å². The molecule has 8 nitrogen and oxygen atoms in total. The molecular weight excluding hydrogens is 396 g/mol. The van der Waals surface area contributed by atoms with Gasteiger partial charge < -0.3 is 25.2 Å². The summed E-state index contributed by atoms with van der Waals surface area (Å²) >= 11 is 0. The fourth-order valence-corrected chi connectivity index (χ4v) is 4.54. The third-order valence-electron chi connectivity index (χ3n) is 6.15. The molecule has 2 aliphatic rings. The van der Waals surface area contributed by atoms with Crippen LogP contribution in [0.4, 0.5) is 5.82 Å². The predicted octanol–water partition coefficient (Wildman–Crippen LogP) is 3.15. The maximum absolute atomic E-state index is 13.3. The Kier molecular flexibility index (Phi) is 5.15. The van der Waals surface area contributed by atoms with Gasteiger partial charge in [-0.05, 0) is 42.2 Å². The summed E-state index contributed by atoms with van der Waals surface area (Å²) in [7, 11) is 0. The van der Waals surface area contributed by atoms with Gasteiger partial charge in [-0.15, -0.1) is 0 Å². The number of aliphatic hydroxyl groups excluding tert-OH is 1. The van der Waals surface area contributed by atoms with Gasteiger partial charge in [0.2, 0.25) is 0 Å². The minimum Gasteiger partial charge on any atom is -0.507 e. The standard InChI is InChI=1S/C23H26N4O4/c28-7-8-31-17-6-5-14-12-27(13-15(14)9-17)23(30)19-10-18-20(11-21(19)29)25-26-22(18)24-16-3-1-2-4-16/h5-6,9-11,16,28-29H,1-4,7-8,12-13H2,(H2,24,25,26). The van der Waals surface area contributed by atoms with E-state index in [4.69, 9.17) is 9.84 Å². The average molecular weight is 422 g/mol. The molecule has 0 spiro atoms. The van der Waals surface area contributed by atoms with E-state index in [1.165, 1.54) is 12.8 Å². The number of hydrogen-bond donors (Lipinski definition) is 4. The first-order valence-electron chi connectivity index (χ1n) is 10.7. The Hall–Kier alpha value is -3.26. The molecule has 3 aromatic rings. The van der Waals surface area contributed by atoms with Gasteiger partial charge in [0.15, 0.2) is 5.82 Å². The molecule has 1 amide bonds. The van der Waals surface area contributed by atoms with E-state index in [0.29, 0.717) is 30.4 Å². The van der Waals surface area contributed by atoms with Crippen LogP contribution in [0.5, 0.6) is 11.5 Å². The number of nitrogens with one attached hydrogen (secondary N) is 2. The number of phenols is 1. The molecule has 5 rings (SSSR count). The summed E-state index contributed by atoms with van der Waals surface area (Å²) in [6, 6.07) is 9.39. The van der Waals surface area contributed by atoms with Crippen molar-refractivity contribution in [1.82, 2.24) is 15.1 Å². The van der Waals surface area contributed by atoms with Gasteiger partial charge in [-0.2, -0.15) is 5.10 Å². The number of ether oxygens (including phenoxy) is 1. The first-order valence-corrected chi connectivity index (χ1v) is 10.7. The SMILES string of the molecule is O=C(c1cc2c(NC3CCCC3)n[nH]c2cc1O)N1Cc2ccc(OCCO)cc2C1. The minimum absolute atomic E-state index is 0.0466. The molecule has 0 radical (unpaired) electrons. The number of aromatic amines is 1. The number of aliphatic hydroxyl groups is 1. The molecule has 0 unspecified atom stereocenters. The Morgan fingerprint density at radius 2 is 2.00 bits per heavy atom. The van der Waals surface area contributed by atoms with E-state index in [9.17, 15) is 9.90 Å². The van der Waals surface area contributed by atoms with Crippen LogP contribution in [0.3, 0.4) is 0 Å². The van der Waals surface area contributed by atoms with E-state index < -0.39 is 0 Å². The first kappa shape index (κ1) is 19.7. The number of hydrogen-bond acceptors (Lipinski definition) is 6. The van der Waals surface area contributed by atoms with E-state index in [1.54, 1.807) is 17.0 Å². The second kappa shape index (κ2) is 8.11. The molecule has 0 saturated heterocycles. The number of nitrogens with zero attached hydrogens (tertiary/aromatic N) is 2. The third-order valence-corrected chi connectivity index (χ3v) is 6.15. The maximum atomic E-state index is 13.3. The number of benzene rings is 2. The van der Waals surface area contributed by atoms with Gasteiger partial charge in [0, 0.05) is 30.6 Å². The van der Waals surface area contributed by atoms with Gasteiger partial charge >= 0.3 is 0 Å². The lowest BCUT2D eigenvalue weighted by atomic mass is 10.1. The number of rotatable bonds is 6. The highest BCUT2D eigenvalue weighted by Gasteiger charge is 2.27. The maximum Gasteiger partial charge on any atom is 0.258 e. The van der Waals surface area contributed by atoms with Crippen molar-refractivity contribution in [1.29, 1.82) is 0 Å². The van der Waals surface area contributed by atoms with Crippen molar-refractivity contribution in [2.24, 2.45) is 0 Å². The van der Waals surface area contributed by atoms with Crippen molar-refractivity contribution in [3.05, 3.63) is 47.0 Å². The van der Waals surface area contributed by atoms with Gasteiger partial charge in [-0.25, -0.2) is 0 Å². The van der Waals surface area contributed by atoms with Crippen LogP contribution in [0.1, 0.15) is 47.2 Å². The highest BCUT2D eigenvalue weighted by Crippen LogP contribution is 2.33. The van der Waals surface area contributed by atoms with Gasteiger partial charge in [-0.3, -0.25) is 9.89 Å². The normalized spacial score (nSPS) is 16.1. The number of phenolic OH excluding ortho intramolecular Hbond substituents is 1. The number of carbonyl (C=O) groups is 1. The zero-order valence-electron chi connectivity index (χ0n) is 17.2. The van der Waals surface area contributed by atoms with Gasteiger partial charge in [0.1, 0.15) is 18.1 Å². The fourth-order valence-electron chi connectivity index (χ4n) is 4.54. The van der Waals surface area contributed by atoms with Crippen LogP contribution in [0.2, 0.25) is 0 Å². The van der Waals surface area contributed by atoms with Crippen molar-refractivity contribution < 1.29 is 19.7 Å². The molecule has 1 saturated carbocycles. The zero-order chi connectivity index (χ0) is 21.4. The summed E-state index contributed by atoms with van der Waals surface area (Å²) < 4.78 is 5.48. The molecular formula is C23H26N4O4. The molecule has 1 fully saturated rings. The molecule has 1 aromatic heterocycles. The van der Waals surface area contributed by atoms with Crippen molar-refractivity contribution >= 4 is 22.6 Å². The summed E-state index contributed by atoms with van der Waals surface area (Å²) in [5.74, 6) is 1.12. The van der Waals surface area contributed by atoms with Crippen molar-refractivity contribution in [3.63, 3.8) is 0 Å². The van der Waals surface area contributed by atoms with Gasteiger partial charge in [-0.1, -0.05) is 18.9 Å². The molecule has 1 aliphatic heterocycles.